The van der Waals surface area contributed by atoms with Crippen LogP contribution in [0.2, 0.25) is 0 Å². The van der Waals surface area contributed by atoms with Crippen LogP contribution < -0.4 is 5.32 Å². The molecule has 0 radical (unpaired) electrons. The molecule has 0 saturated heterocycles. The van der Waals surface area contributed by atoms with Crippen molar-refractivity contribution >= 4 is 22.5 Å². The van der Waals surface area contributed by atoms with E-state index in [0.29, 0.717) is 5.69 Å². The van der Waals surface area contributed by atoms with Crippen molar-refractivity contribution in [2.24, 2.45) is 5.92 Å². The summed E-state index contributed by atoms with van der Waals surface area (Å²) in [5, 5.41) is 13.5. The van der Waals surface area contributed by atoms with Crippen LogP contribution in [-0.2, 0) is 4.79 Å². The number of nitrogens with one attached hydrogen (secondary N) is 1. The van der Waals surface area contributed by atoms with Crippen molar-refractivity contribution in [2.45, 2.75) is 26.4 Å². The van der Waals surface area contributed by atoms with Gasteiger partial charge in [-0.2, -0.15) is 0 Å². The maximum absolute atomic E-state index is 11.9. The maximum atomic E-state index is 11.9. The van der Waals surface area contributed by atoms with Gasteiger partial charge in [0, 0.05) is 11.6 Å². The Kier molecular flexibility index (Phi) is 4.12. The molecule has 2 N–H and O–H groups in total. The SMILES string of the molecule is CC(C)C(O)CC(=O)Nc1cccc2cccnc12. The molecule has 1 heterocycles. The van der Waals surface area contributed by atoms with Crippen LogP contribution in [0.25, 0.3) is 10.9 Å². The van der Waals surface area contributed by atoms with Crippen molar-refractivity contribution in [3.8, 4) is 0 Å². The summed E-state index contributed by atoms with van der Waals surface area (Å²) in [6, 6.07) is 9.44. The first kappa shape index (κ1) is 13.5. The van der Waals surface area contributed by atoms with Crippen LogP contribution >= 0.6 is 0 Å². The highest BCUT2D eigenvalue weighted by atomic mass is 16.3. The molecule has 100 valence electrons. The van der Waals surface area contributed by atoms with E-state index in [1.807, 2.05) is 44.2 Å². The van der Waals surface area contributed by atoms with Crippen LogP contribution in [0.3, 0.4) is 0 Å². The normalized spacial score (nSPS) is 12.6. The van der Waals surface area contributed by atoms with Gasteiger partial charge in [-0.05, 0) is 18.1 Å². The molecule has 1 aromatic heterocycles. The number of carbonyl (C=O) groups excluding carboxylic acids is 1. The lowest BCUT2D eigenvalue weighted by atomic mass is 10.0. The van der Waals surface area contributed by atoms with Gasteiger partial charge in [-0.1, -0.05) is 32.0 Å². The zero-order chi connectivity index (χ0) is 13.8. The van der Waals surface area contributed by atoms with Gasteiger partial charge in [-0.15, -0.1) is 0 Å². The number of amides is 1. The molecule has 1 aromatic carbocycles. The van der Waals surface area contributed by atoms with E-state index in [1.54, 1.807) is 6.20 Å². The molecule has 2 rings (SSSR count). The van der Waals surface area contributed by atoms with Crippen molar-refractivity contribution in [3.63, 3.8) is 0 Å². The van der Waals surface area contributed by atoms with Gasteiger partial charge in [-0.3, -0.25) is 9.78 Å². The smallest absolute Gasteiger partial charge is 0.227 e. The number of para-hydroxylation sites is 1. The fourth-order valence-electron chi connectivity index (χ4n) is 1.83. The summed E-state index contributed by atoms with van der Waals surface area (Å²) in [7, 11) is 0. The van der Waals surface area contributed by atoms with Crippen molar-refractivity contribution in [1.29, 1.82) is 0 Å². The number of aromatic nitrogens is 1. The molecule has 4 nitrogen and oxygen atoms in total. The molecular formula is C15H18N2O2. The number of nitrogens with zero attached hydrogens (tertiary/aromatic N) is 1. The average molecular weight is 258 g/mol. The third-order valence-corrected chi connectivity index (χ3v) is 3.07. The first-order valence-electron chi connectivity index (χ1n) is 6.39. The summed E-state index contributed by atoms with van der Waals surface area (Å²) >= 11 is 0. The molecule has 4 heteroatoms. The zero-order valence-corrected chi connectivity index (χ0v) is 11.1. The Morgan fingerprint density at radius 1 is 1.32 bits per heavy atom. The topological polar surface area (TPSA) is 62.2 Å². The number of anilines is 1. The standard InChI is InChI=1S/C15H18N2O2/c1-10(2)13(18)9-14(19)17-12-7-3-5-11-6-4-8-16-15(11)12/h3-8,10,13,18H,9H2,1-2H3,(H,17,19). The van der Waals surface area contributed by atoms with Crippen LogP contribution in [0.4, 0.5) is 5.69 Å². The van der Waals surface area contributed by atoms with Gasteiger partial charge in [0.15, 0.2) is 0 Å². The molecule has 19 heavy (non-hydrogen) atoms. The third-order valence-electron chi connectivity index (χ3n) is 3.07. The number of hydrogen-bond donors (Lipinski definition) is 2. The summed E-state index contributed by atoms with van der Waals surface area (Å²) in [5.41, 5.74) is 1.44. The Balaban J connectivity index is 2.15. The maximum Gasteiger partial charge on any atom is 0.227 e. The molecule has 0 aliphatic rings. The van der Waals surface area contributed by atoms with Crippen LogP contribution in [0.1, 0.15) is 20.3 Å². The minimum Gasteiger partial charge on any atom is -0.392 e. The Labute approximate surface area is 112 Å². The Morgan fingerprint density at radius 3 is 2.79 bits per heavy atom. The van der Waals surface area contributed by atoms with E-state index in [-0.39, 0.29) is 18.2 Å². The van der Waals surface area contributed by atoms with Gasteiger partial charge in [0.05, 0.1) is 23.7 Å². The molecule has 0 aliphatic carbocycles. The lowest BCUT2D eigenvalue weighted by molar-refractivity contribution is -0.118. The molecule has 1 unspecified atom stereocenters. The average Bonchev–Trinajstić information content (AvgIpc) is 2.39. The number of pyridine rings is 1. The zero-order valence-electron chi connectivity index (χ0n) is 11.1. The lowest BCUT2D eigenvalue weighted by Gasteiger charge is -2.14. The molecule has 1 amide bonds. The van der Waals surface area contributed by atoms with Crippen molar-refractivity contribution < 1.29 is 9.90 Å². The summed E-state index contributed by atoms with van der Waals surface area (Å²) in [6.45, 7) is 3.77. The molecule has 2 aromatic rings. The van der Waals surface area contributed by atoms with E-state index in [9.17, 15) is 9.90 Å². The van der Waals surface area contributed by atoms with E-state index in [4.69, 9.17) is 0 Å². The first-order valence-corrected chi connectivity index (χ1v) is 6.39. The van der Waals surface area contributed by atoms with Gasteiger partial charge in [0.2, 0.25) is 5.91 Å². The Morgan fingerprint density at radius 2 is 2.05 bits per heavy atom. The second kappa shape index (κ2) is 5.80. The molecule has 0 spiro atoms. The number of aliphatic hydroxyl groups excluding tert-OH is 1. The number of carbonyl (C=O) groups is 1. The minimum atomic E-state index is -0.622. The monoisotopic (exact) mass is 258 g/mol. The van der Waals surface area contributed by atoms with E-state index in [2.05, 4.69) is 10.3 Å². The fraction of sp³-hybridized carbons (Fsp3) is 0.333. The molecule has 0 saturated carbocycles. The summed E-state index contributed by atoms with van der Waals surface area (Å²) in [6.07, 6.45) is 1.17. The molecule has 1 atom stereocenters. The largest absolute Gasteiger partial charge is 0.392 e. The van der Waals surface area contributed by atoms with Gasteiger partial charge in [0.1, 0.15) is 0 Å². The highest BCUT2D eigenvalue weighted by Gasteiger charge is 2.15. The second-order valence-electron chi connectivity index (χ2n) is 4.94. The number of fused-ring (bicyclic) bond motifs is 1. The van der Waals surface area contributed by atoms with Crippen molar-refractivity contribution in [3.05, 3.63) is 36.5 Å². The fourth-order valence-corrected chi connectivity index (χ4v) is 1.83. The van der Waals surface area contributed by atoms with E-state index in [1.165, 1.54) is 0 Å². The molecule has 0 aliphatic heterocycles. The van der Waals surface area contributed by atoms with Crippen LogP contribution in [0.5, 0.6) is 0 Å². The van der Waals surface area contributed by atoms with E-state index in [0.717, 1.165) is 10.9 Å². The summed E-state index contributed by atoms with van der Waals surface area (Å²) in [5.74, 6) is -0.129. The third kappa shape index (κ3) is 3.29. The summed E-state index contributed by atoms with van der Waals surface area (Å²) in [4.78, 5) is 16.1. The number of aliphatic hydroxyl groups is 1. The second-order valence-corrected chi connectivity index (χ2v) is 4.94. The summed E-state index contributed by atoms with van der Waals surface area (Å²) < 4.78 is 0. The predicted molar refractivity (Wildman–Crippen MR) is 75.8 cm³/mol. The van der Waals surface area contributed by atoms with Gasteiger partial charge in [0.25, 0.3) is 0 Å². The van der Waals surface area contributed by atoms with Crippen LogP contribution in [-0.4, -0.2) is 22.1 Å². The lowest BCUT2D eigenvalue weighted by Crippen LogP contribution is -2.23. The number of hydrogen-bond acceptors (Lipinski definition) is 3. The van der Waals surface area contributed by atoms with E-state index >= 15 is 0 Å². The number of rotatable bonds is 4. The highest BCUT2D eigenvalue weighted by molar-refractivity contribution is 6.00. The Bertz CT molecular complexity index is 576. The van der Waals surface area contributed by atoms with Crippen LogP contribution in [0.15, 0.2) is 36.5 Å². The van der Waals surface area contributed by atoms with Gasteiger partial charge >= 0.3 is 0 Å². The quantitative estimate of drug-likeness (QED) is 0.886. The van der Waals surface area contributed by atoms with Gasteiger partial charge in [-0.25, -0.2) is 0 Å². The van der Waals surface area contributed by atoms with E-state index < -0.39 is 6.10 Å². The van der Waals surface area contributed by atoms with Crippen molar-refractivity contribution in [2.75, 3.05) is 5.32 Å². The molecular weight excluding hydrogens is 240 g/mol. The molecule has 0 fully saturated rings. The number of benzene rings is 1. The van der Waals surface area contributed by atoms with Gasteiger partial charge < -0.3 is 10.4 Å². The minimum absolute atomic E-state index is 0.0661. The Hall–Kier alpha value is -1.94. The first-order chi connectivity index (χ1) is 9.08. The van der Waals surface area contributed by atoms with Crippen molar-refractivity contribution in [1.82, 2.24) is 4.98 Å². The molecule has 0 bridgehead atoms. The predicted octanol–water partition coefficient (Wildman–Crippen LogP) is 2.58. The highest BCUT2D eigenvalue weighted by Crippen LogP contribution is 2.21. The van der Waals surface area contributed by atoms with Crippen LogP contribution in [0, 0.1) is 5.92 Å².